The first-order valence-corrected chi connectivity index (χ1v) is 8.23. The SMILES string of the molecule is Cc1ccc(-c2nc3ccccc3[nH]2)cc1NC(=O)c1ccc(F)cc1.Cl. The van der Waals surface area contributed by atoms with Gasteiger partial charge in [-0.25, -0.2) is 9.37 Å². The number of amides is 1. The smallest absolute Gasteiger partial charge is 0.255 e. The van der Waals surface area contributed by atoms with Crippen molar-refractivity contribution in [2.75, 3.05) is 5.32 Å². The topological polar surface area (TPSA) is 57.8 Å². The number of aromatic amines is 1. The number of nitrogens with one attached hydrogen (secondary N) is 2. The van der Waals surface area contributed by atoms with E-state index in [1.54, 1.807) is 0 Å². The Balaban J connectivity index is 0.00000210. The molecule has 0 bridgehead atoms. The van der Waals surface area contributed by atoms with E-state index in [1.807, 2.05) is 49.4 Å². The second-order valence-corrected chi connectivity index (χ2v) is 6.09. The molecule has 0 saturated carbocycles. The van der Waals surface area contributed by atoms with E-state index in [-0.39, 0.29) is 24.1 Å². The Labute approximate surface area is 161 Å². The minimum atomic E-state index is -0.371. The van der Waals surface area contributed by atoms with Crippen LogP contribution in [0.4, 0.5) is 10.1 Å². The summed E-state index contributed by atoms with van der Waals surface area (Å²) in [4.78, 5) is 20.3. The Bertz CT molecular complexity index is 1070. The molecule has 0 saturated heterocycles. The fraction of sp³-hybridized carbons (Fsp3) is 0.0476. The van der Waals surface area contributed by atoms with Crippen LogP contribution in [0.1, 0.15) is 15.9 Å². The molecule has 4 rings (SSSR count). The Morgan fingerprint density at radius 3 is 2.52 bits per heavy atom. The first kappa shape index (κ1) is 18.6. The van der Waals surface area contributed by atoms with Gasteiger partial charge in [0, 0.05) is 16.8 Å². The van der Waals surface area contributed by atoms with Gasteiger partial charge >= 0.3 is 0 Å². The molecule has 0 aliphatic carbocycles. The van der Waals surface area contributed by atoms with Gasteiger partial charge in [0.25, 0.3) is 5.91 Å². The number of rotatable bonds is 3. The molecule has 0 unspecified atom stereocenters. The van der Waals surface area contributed by atoms with Crippen LogP contribution < -0.4 is 5.32 Å². The summed E-state index contributed by atoms with van der Waals surface area (Å²) in [6.07, 6.45) is 0. The molecule has 6 heteroatoms. The van der Waals surface area contributed by atoms with Gasteiger partial charge in [0.15, 0.2) is 0 Å². The summed E-state index contributed by atoms with van der Waals surface area (Å²) >= 11 is 0. The van der Waals surface area contributed by atoms with E-state index in [0.29, 0.717) is 11.3 Å². The van der Waals surface area contributed by atoms with Crippen LogP contribution in [0.3, 0.4) is 0 Å². The molecule has 0 spiro atoms. The highest BCUT2D eigenvalue weighted by molar-refractivity contribution is 6.04. The number of aromatic nitrogens is 2. The molecule has 0 aliphatic rings. The van der Waals surface area contributed by atoms with E-state index in [2.05, 4.69) is 15.3 Å². The number of hydrogen-bond acceptors (Lipinski definition) is 2. The Morgan fingerprint density at radius 2 is 1.78 bits per heavy atom. The molecule has 136 valence electrons. The largest absolute Gasteiger partial charge is 0.338 e. The lowest BCUT2D eigenvalue weighted by Gasteiger charge is -2.10. The minimum Gasteiger partial charge on any atom is -0.338 e. The van der Waals surface area contributed by atoms with E-state index < -0.39 is 0 Å². The number of carbonyl (C=O) groups excluding carboxylic acids is 1. The van der Waals surface area contributed by atoms with Gasteiger partial charge < -0.3 is 10.3 Å². The third-order valence-corrected chi connectivity index (χ3v) is 4.25. The van der Waals surface area contributed by atoms with Gasteiger partial charge in [-0.1, -0.05) is 24.3 Å². The monoisotopic (exact) mass is 381 g/mol. The third-order valence-electron chi connectivity index (χ3n) is 4.25. The summed E-state index contributed by atoms with van der Waals surface area (Å²) in [5.74, 6) is 0.0861. The van der Waals surface area contributed by atoms with Gasteiger partial charge in [-0.05, 0) is 55.0 Å². The van der Waals surface area contributed by atoms with Gasteiger partial charge in [0.05, 0.1) is 11.0 Å². The van der Waals surface area contributed by atoms with Crippen LogP contribution in [0.2, 0.25) is 0 Å². The van der Waals surface area contributed by atoms with Gasteiger partial charge in [-0.15, -0.1) is 12.4 Å². The highest BCUT2D eigenvalue weighted by Crippen LogP contribution is 2.26. The normalized spacial score (nSPS) is 10.4. The molecule has 4 nitrogen and oxygen atoms in total. The average Bonchev–Trinajstić information content (AvgIpc) is 3.08. The van der Waals surface area contributed by atoms with E-state index >= 15 is 0 Å². The van der Waals surface area contributed by atoms with Crippen LogP contribution in [0.25, 0.3) is 22.4 Å². The molecule has 0 aliphatic heterocycles. The second kappa shape index (κ2) is 7.60. The fourth-order valence-corrected chi connectivity index (χ4v) is 2.79. The van der Waals surface area contributed by atoms with Crippen LogP contribution in [0.15, 0.2) is 66.7 Å². The number of imidazole rings is 1. The number of halogens is 2. The first-order valence-electron chi connectivity index (χ1n) is 8.23. The van der Waals surface area contributed by atoms with Crippen LogP contribution in [0.5, 0.6) is 0 Å². The maximum absolute atomic E-state index is 13.0. The van der Waals surface area contributed by atoms with Crippen molar-refractivity contribution >= 4 is 35.0 Å². The maximum Gasteiger partial charge on any atom is 0.255 e. The quantitative estimate of drug-likeness (QED) is 0.502. The molecule has 2 N–H and O–H groups in total. The number of aryl methyl sites for hydroxylation is 1. The number of anilines is 1. The number of benzene rings is 3. The number of hydrogen-bond donors (Lipinski definition) is 2. The van der Waals surface area contributed by atoms with Crippen molar-refractivity contribution < 1.29 is 9.18 Å². The zero-order chi connectivity index (χ0) is 18.1. The number of fused-ring (bicyclic) bond motifs is 1. The second-order valence-electron chi connectivity index (χ2n) is 6.09. The summed E-state index contributed by atoms with van der Waals surface area (Å²) in [5.41, 5.74) is 4.75. The lowest BCUT2D eigenvalue weighted by atomic mass is 10.1. The van der Waals surface area contributed by atoms with Crippen molar-refractivity contribution in [3.8, 4) is 11.4 Å². The van der Waals surface area contributed by atoms with Crippen molar-refractivity contribution in [1.82, 2.24) is 9.97 Å². The number of H-pyrrole nitrogens is 1. The van der Waals surface area contributed by atoms with Gasteiger partial charge in [0.1, 0.15) is 11.6 Å². The first-order chi connectivity index (χ1) is 12.6. The molecule has 1 amide bonds. The summed E-state index contributed by atoms with van der Waals surface area (Å²) in [6, 6.07) is 19.0. The fourth-order valence-electron chi connectivity index (χ4n) is 2.79. The summed E-state index contributed by atoms with van der Waals surface area (Å²) in [7, 11) is 0. The van der Waals surface area contributed by atoms with Crippen molar-refractivity contribution in [3.63, 3.8) is 0 Å². The molecule has 0 radical (unpaired) electrons. The van der Waals surface area contributed by atoms with Crippen LogP contribution in [0, 0.1) is 12.7 Å². The average molecular weight is 382 g/mol. The molecule has 3 aromatic carbocycles. The Morgan fingerprint density at radius 1 is 1.04 bits per heavy atom. The molecular weight excluding hydrogens is 365 g/mol. The lowest BCUT2D eigenvalue weighted by molar-refractivity contribution is 0.102. The van der Waals surface area contributed by atoms with E-state index in [1.165, 1.54) is 24.3 Å². The Kier molecular flexibility index (Phi) is 5.23. The maximum atomic E-state index is 13.0. The summed E-state index contributed by atoms with van der Waals surface area (Å²) in [5, 5.41) is 2.89. The van der Waals surface area contributed by atoms with Crippen LogP contribution in [-0.2, 0) is 0 Å². The predicted octanol–water partition coefficient (Wildman–Crippen LogP) is 5.35. The van der Waals surface area contributed by atoms with Crippen molar-refractivity contribution in [1.29, 1.82) is 0 Å². The highest BCUT2D eigenvalue weighted by Gasteiger charge is 2.11. The van der Waals surface area contributed by atoms with Crippen LogP contribution >= 0.6 is 12.4 Å². The number of nitrogens with zero attached hydrogens (tertiary/aromatic N) is 1. The molecule has 1 aromatic heterocycles. The number of para-hydroxylation sites is 2. The third kappa shape index (κ3) is 3.83. The predicted molar refractivity (Wildman–Crippen MR) is 108 cm³/mol. The van der Waals surface area contributed by atoms with Gasteiger partial charge in [0.2, 0.25) is 0 Å². The summed E-state index contributed by atoms with van der Waals surface area (Å²) < 4.78 is 13.0. The molecule has 27 heavy (non-hydrogen) atoms. The van der Waals surface area contributed by atoms with E-state index in [9.17, 15) is 9.18 Å². The minimum absolute atomic E-state index is 0. The van der Waals surface area contributed by atoms with Gasteiger partial charge in [-0.2, -0.15) is 0 Å². The zero-order valence-corrected chi connectivity index (χ0v) is 15.3. The van der Waals surface area contributed by atoms with Gasteiger partial charge in [-0.3, -0.25) is 4.79 Å². The Hall–Kier alpha value is -3.18. The molecule has 0 fully saturated rings. The molecular formula is C21H17ClFN3O. The van der Waals surface area contributed by atoms with Crippen molar-refractivity contribution in [2.24, 2.45) is 0 Å². The van der Waals surface area contributed by atoms with E-state index in [0.717, 1.165) is 28.0 Å². The van der Waals surface area contributed by atoms with Crippen LogP contribution in [-0.4, -0.2) is 15.9 Å². The zero-order valence-electron chi connectivity index (χ0n) is 14.5. The van der Waals surface area contributed by atoms with Crippen molar-refractivity contribution in [2.45, 2.75) is 6.92 Å². The molecule has 0 atom stereocenters. The summed E-state index contributed by atoms with van der Waals surface area (Å²) in [6.45, 7) is 1.92. The van der Waals surface area contributed by atoms with Crippen molar-refractivity contribution in [3.05, 3.63) is 83.7 Å². The molecule has 4 aromatic rings. The highest BCUT2D eigenvalue weighted by atomic mass is 35.5. The lowest BCUT2D eigenvalue weighted by Crippen LogP contribution is -2.12. The standard InChI is InChI=1S/C21H16FN3O.ClH/c1-13-6-7-15(20-23-17-4-2-3-5-18(17)24-20)12-19(13)25-21(26)14-8-10-16(22)11-9-14;/h2-12H,1H3,(H,23,24)(H,25,26);1H. The number of carbonyl (C=O) groups is 1. The van der Waals surface area contributed by atoms with E-state index in [4.69, 9.17) is 0 Å². The molecule has 1 heterocycles.